The van der Waals surface area contributed by atoms with Crippen molar-refractivity contribution in [2.75, 3.05) is 6.61 Å². The molecule has 2 atom stereocenters. The molecule has 0 aromatic carbocycles. The topological polar surface area (TPSA) is 58.0 Å². The van der Waals surface area contributed by atoms with Gasteiger partial charge in [0, 0.05) is 24.5 Å². The zero-order chi connectivity index (χ0) is 12.8. The third-order valence-electron chi connectivity index (χ3n) is 2.79. The largest absolute Gasteiger partial charge is 0.395 e. The van der Waals surface area contributed by atoms with Crippen LogP contribution in [-0.4, -0.2) is 27.7 Å². The SMILES string of the molecule is Cc1nccnc1C(C)NC(CO)CC(C)C. The number of hydrogen-bond acceptors (Lipinski definition) is 4. The van der Waals surface area contributed by atoms with E-state index in [1.54, 1.807) is 12.4 Å². The van der Waals surface area contributed by atoms with Crippen molar-refractivity contribution in [2.45, 2.75) is 46.2 Å². The quantitative estimate of drug-likeness (QED) is 0.792. The molecule has 0 bridgehead atoms. The lowest BCUT2D eigenvalue weighted by Gasteiger charge is -2.23. The molecule has 0 aliphatic rings. The fourth-order valence-corrected chi connectivity index (χ4v) is 2.04. The monoisotopic (exact) mass is 237 g/mol. The van der Waals surface area contributed by atoms with Gasteiger partial charge >= 0.3 is 0 Å². The molecule has 0 aliphatic heterocycles. The molecule has 0 amide bonds. The summed E-state index contributed by atoms with van der Waals surface area (Å²) < 4.78 is 0. The molecule has 96 valence electrons. The second kappa shape index (κ2) is 6.67. The Hall–Kier alpha value is -1.00. The number of aromatic nitrogens is 2. The zero-order valence-corrected chi connectivity index (χ0v) is 11.1. The van der Waals surface area contributed by atoms with Gasteiger partial charge in [0.15, 0.2) is 0 Å². The Morgan fingerprint density at radius 1 is 1.24 bits per heavy atom. The number of aryl methyl sites for hydroxylation is 1. The van der Waals surface area contributed by atoms with Gasteiger partial charge in [0.25, 0.3) is 0 Å². The molecule has 17 heavy (non-hydrogen) atoms. The Bertz CT molecular complexity index is 341. The lowest BCUT2D eigenvalue weighted by atomic mass is 10.0. The summed E-state index contributed by atoms with van der Waals surface area (Å²) in [5.41, 5.74) is 1.89. The molecule has 0 saturated heterocycles. The van der Waals surface area contributed by atoms with Gasteiger partial charge in [0.05, 0.1) is 18.0 Å². The van der Waals surface area contributed by atoms with Gasteiger partial charge in [0.1, 0.15) is 0 Å². The van der Waals surface area contributed by atoms with Crippen LogP contribution in [0.25, 0.3) is 0 Å². The summed E-state index contributed by atoms with van der Waals surface area (Å²) in [4.78, 5) is 8.57. The first-order valence-corrected chi connectivity index (χ1v) is 6.19. The molecule has 1 rings (SSSR count). The number of nitrogens with one attached hydrogen (secondary N) is 1. The van der Waals surface area contributed by atoms with Crippen LogP contribution in [0.4, 0.5) is 0 Å². The highest BCUT2D eigenvalue weighted by Gasteiger charge is 2.16. The highest BCUT2D eigenvalue weighted by Crippen LogP contribution is 2.14. The van der Waals surface area contributed by atoms with Crippen molar-refractivity contribution < 1.29 is 5.11 Å². The van der Waals surface area contributed by atoms with E-state index >= 15 is 0 Å². The summed E-state index contributed by atoms with van der Waals surface area (Å²) in [6, 6.07) is 0.228. The zero-order valence-electron chi connectivity index (χ0n) is 11.1. The van der Waals surface area contributed by atoms with Crippen molar-refractivity contribution in [3.8, 4) is 0 Å². The molecule has 4 nitrogen and oxygen atoms in total. The lowest BCUT2D eigenvalue weighted by molar-refractivity contribution is 0.214. The molecular weight excluding hydrogens is 214 g/mol. The van der Waals surface area contributed by atoms with Crippen molar-refractivity contribution in [1.82, 2.24) is 15.3 Å². The summed E-state index contributed by atoms with van der Waals surface area (Å²) >= 11 is 0. The first kappa shape index (κ1) is 14.1. The highest BCUT2D eigenvalue weighted by atomic mass is 16.3. The molecule has 0 radical (unpaired) electrons. The van der Waals surface area contributed by atoms with E-state index < -0.39 is 0 Å². The van der Waals surface area contributed by atoms with E-state index in [0.717, 1.165) is 17.8 Å². The van der Waals surface area contributed by atoms with Crippen LogP contribution in [0.3, 0.4) is 0 Å². The minimum Gasteiger partial charge on any atom is -0.395 e. The number of aliphatic hydroxyl groups excluding tert-OH is 1. The van der Waals surface area contributed by atoms with Gasteiger partial charge in [-0.3, -0.25) is 9.97 Å². The minimum absolute atomic E-state index is 0.111. The third-order valence-corrected chi connectivity index (χ3v) is 2.79. The van der Waals surface area contributed by atoms with E-state index in [0.29, 0.717) is 5.92 Å². The Kier molecular flexibility index (Phi) is 5.51. The second-order valence-corrected chi connectivity index (χ2v) is 4.92. The molecule has 0 spiro atoms. The molecule has 1 heterocycles. The summed E-state index contributed by atoms with van der Waals surface area (Å²) in [5, 5.41) is 12.7. The molecule has 2 N–H and O–H groups in total. The predicted molar refractivity (Wildman–Crippen MR) is 68.6 cm³/mol. The van der Waals surface area contributed by atoms with E-state index in [9.17, 15) is 5.11 Å². The maximum atomic E-state index is 9.34. The van der Waals surface area contributed by atoms with Crippen molar-refractivity contribution in [2.24, 2.45) is 5.92 Å². The molecule has 0 fully saturated rings. The van der Waals surface area contributed by atoms with Gasteiger partial charge in [-0.1, -0.05) is 13.8 Å². The average Bonchev–Trinajstić information content (AvgIpc) is 2.27. The standard InChI is InChI=1S/C13H23N3O/c1-9(2)7-12(8-17)16-11(4)13-10(3)14-5-6-15-13/h5-6,9,11-12,16-17H,7-8H2,1-4H3. The maximum absolute atomic E-state index is 9.34. The third kappa shape index (κ3) is 4.40. The Balaban J connectivity index is 2.64. The van der Waals surface area contributed by atoms with E-state index in [1.807, 2.05) is 6.92 Å². The summed E-state index contributed by atoms with van der Waals surface area (Å²) in [7, 11) is 0. The van der Waals surface area contributed by atoms with Gasteiger partial charge in [-0.2, -0.15) is 0 Å². The highest BCUT2D eigenvalue weighted by molar-refractivity contribution is 5.12. The molecule has 2 unspecified atom stereocenters. The Morgan fingerprint density at radius 3 is 2.41 bits per heavy atom. The van der Waals surface area contributed by atoms with Crippen LogP contribution in [0, 0.1) is 12.8 Å². The molecule has 4 heteroatoms. The minimum atomic E-state index is 0.111. The molecule has 1 aromatic rings. The second-order valence-electron chi connectivity index (χ2n) is 4.92. The summed E-state index contributed by atoms with van der Waals surface area (Å²) in [6.45, 7) is 8.48. The van der Waals surface area contributed by atoms with Crippen molar-refractivity contribution in [3.63, 3.8) is 0 Å². The van der Waals surface area contributed by atoms with Gasteiger partial charge in [-0.25, -0.2) is 0 Å². The van der Waals surface area contributed by atoms with Crippen LogP contribution in [0.15, 0.2) is 12.4 Å². The summed E-state index contributed by atoms with van der Waals surface area (Å²) in [6.07, 6.45) is 4.36. The van der Waals surface area contributed by atoms with Gasteiger partial charge in [0.2, 0.25) is 0 Å². The van der Waals surface area contributed by atoms with Crippen LogP contribution in [0.2, 0.25) is 0 Å². The number of hydrogen-bond donors (Lipinski definition) is 2. The smallest absolute Gasteiger partial charge is 0.0782 e. The van der Waals surface area contributed by atoms with Crippen LogP contribution in [0.1, 0.15) is 44.6 Å². The van der Waals surface area contributed by atoms with Gasteiger partial charge in [-0.05, 0) is 26.2 Å². The van der Waals surface area contributed by atoms with Crippen molar-refractivity contribution in [1.29, 1.82) is 0 Å². The average molecular weight is 237 g/mol. The van der Waals surface area contributed by atoms with Gasteiger partial charge < -0.3 is 10.4 Å². The normalized spacial score (nSPS) is 14.9. The Labute approximate surface area is 103 Å². The van der Waals surface area contributed by atoms with E-state index in [2.05, 4.69) is 36.1 Å². The fourth-order valence-electron chi connectivity index (χ4n) is 2.04. The number of aliphatic hydroxyl groups is 1. The molecule has 0 aliphatic carbocycles. The van der Waals surface area contributed by atoms with Crippen LogP contribution in [0.5, 0.6) is 0 Å². The summed E-state index contributed by atoms with van der Waals surface area (Å²) in [5.74, 6) is 0.565. The fraction of sp³-hybridized carbons (Fsp3) is 0.692. The van der Waals surface area contributed by atoms with E-state index in [1.165, 1.54) is 0 Å². The lowest BCUT2D eigenvalue weighted by Crippen LogP contribution is -2.36. The van der Waals surface area contributed by atoms with Gasteiger partial charge in [-0.15, -0.1) is 0 Å². The van der Waals surface area contributed by atoms with Crippen LogP contribution >= 0.6 is 0 Å². The molecular formula is C13H23N3O. The maximum Gasteiger partial charge on any atom is 0.0782 e. The van der Waals surface area contributed by atoms with Crippen LogP contribution in [-0.2, 0) is 0 Å². The van der Waals surface area contributed by atoms with E-state index in [-0.39, 0.29) is 18.7 Å². The van der Waals surface area contributed by atoms with Crippen LogP contribution < -0.4 is 5.32 Å². The molecule has 1 aromatic heterocycles. The Morgan fingerprint density at radius 2 is 1.88 bits per heavy atom. The first-order chi connectivity index (χ1) is 8.04. The van der Waals surface area contributed by atoms with Crippen molar-refractivity contribution in [3.05, 3.63) is 23.8 Å². The van der Waals surface area contributed by atoms with Crippen molar-refractivity contribution >= 4 is 0 Å². The predicted octanol–water partition coefficient (Wildman–Crippen LogP) is 1.84. The number of rotatable bonds is 6. The van der Waals surface area contributed by atoms with E-state index in [4.69, 9.17) is 0 Å². The molecule has 0 saturated carbocycles. The number of nitrogens with zero attached hydrogens (tertiary/aromatic N) is 2. The first-order valence-electron chi connectivity index (χ1n) is 6.19.